The summed E-state index contributed by atoms with van der Waals surface area (Å²) in [7, 11) is 0. The van der Waals surface area contributed by atoms with Gasteiger partial charge in [0.05, 0.1) is 6.61 Å². The minimum absolute atomic E-state index is 0.0461. The van der Waals surface area contributed by atoms with Gasteiger partial charge in [-0.25, -0.2) is 9.59 Å². The molecule has 0 unspecified atom stereocenters. The number of rotatable bonds is 4. The third kappa shape index (κ3) is 25.1. The van der Waals surface area contributed by atoms with Gasteiger partial charge < -0.3 is 20.1 Å². The Kier molecular flexibility index (Phi) is 11.2. The van der Waals surface area contributed by atoms with E-state index in [9.17, 15) is 4.79 Å². The van der Waals surface area contributed by atoms with E-state index < -0.39 is 12.1 Å². The molecule has 3 N–H and O–H groups in total. The van der Waals surface area contributed by atoms with Gasteiger partial charge in [-0.05, 0) is 0 Å². The van der Waals surface area contributed by atoms with E-state index in [1.807, 2.05) is 0 Å². The van der Waals surface area contributed by atoms with Gasteiger partial charge in [0.2, 0.25) is 0 Å². The number of aliphatic hydroxyl groups excluding tert-OH is 1. The Morgan fingerprint density at radius 2 is 1.85 bits per heavy atom. The van der Waals surface area contributed by atoms with Crippen molar-refractivity contribution < 1.29 is 29.6 Å². The van der Waals surface area contributed by atoms with E-state index >= 15 is 0 Å². The Hall–Kier alpha value is -1.56. The maximum atomic E-state index is 10.3. The van der Waals surface area contributed by atoms with Crippen LogP contribution >= 0.6 is 0 Å². The average Bonchev–Trinajstić information content (AvgIpc) is 2.03. The second-order valence-electron chi connectivity index (χ2n) is 1.73. The quantitative estimate of drug-likeness (QED) is 0.336. The monoisotopic (exact) mass is 192 g/mol. The van der Waals surface area contributed by atoms with Gasteiger partial charge in [-0.1, -0.05) is 6.58 Å². The van der Waals surface area contributed by atoms with Crippen molar-refractivity contribution in [3.63, 3.8) is 0 Å². The van der Waals surface area contributed by atoms with Crippen LogP contribution in [0.5, 0.6) is 0 Å². The smallest absolute Gasteiger partial charge is 0.462 e. The molecule has 0 saturated carbocycles. The third-order valence-electron chi connectivity index (χ3n) is 0.713. The lowest BCUT2D eigenvalue weighted by Gasteiger charge is -1.96. The Balaban J connectivity index is 0. The maximum Gasteiger partial charge on any atom is 0.503 e. The van der Waals surface area contributed by atoms with Crippen LogP contribution in [0, 0.1) is 0 Å². The summed E-state index contributed by atoms with van der Waals surface area (Å²) in [5.41, 5.74) is 0. The van der Waals surface area contributed by atoms with E-state index in [0.717, 1.165) is 6.08 Å². The number of carboxylic acid groups (broad SMARTS) is 2. The summed E-state index contributed by atoms with van der Waals surface area (Å²) in [4.78, 5) is 18.8. The van der Waals surface area contributed by atoms with Crippen LogP contribution in [0.1, 0.15) is 6.42 Å². The predicted octanol–water partition coefficient (Wildman–Crippen LogP) is 0.320. The van der Waals surface area contributed by atoms with Crippen molar-refractivity contribution in [3.8, 4) is 0 Å². The minimum Gasteiger partial charge on any atom is -0.462 e. The second-order valence-corrected chi connectivity index (χ2v) is 1.73. The molecule has 13 heavy (non-hydrogen) atoms. The average molecular weight is 192 g/mol. The number of aliphatic hydroxyl groups is 1. The Bertz CT molecular complexity index is 160. The molecule has 0 atom stereocenters. The van der Waals surface area contributed by atoms with Crippen LogP contribution in [0.3, 0.4) is 0 Å². The number of hydrogen-bond donors (Lipinski definition) is 3. The highest BCUT2D eigenvalue weighted by molar-refractivity contribution is 5.81. The van der Waals surface area contributed by atoms with E-state index in [1.54, 1.807) is 0 Å². The van der Waals surface area contributed by atoms with E-state index in [0.29, 0.717) is 6.42 Å². The van der Waals surface area contributed by atoms with Crippen LogP contribution < -0.4 is 0 Å². The zero-order valence-corrected chi connectivity index (χ0v) is 6.97. The Morgan fingerprint density at radius 1 is 1.38 bits per heavy atom. The topological polar surface area (TPSA) is 104 Å². The molecule has 0 bridgehead atoms. The van der Waals surface area contributed by atoms with Gasteiger partial charge >= 0.3 is 12.1 Å². The van der Waals surface area contributed by atoms with Crippen molar-refractivity contribution >= 4 is 12.1 Å². The fourth-order valence-electron chi connectivity index (χ4n) is 0.296. The maximum absolute atomic E-state index is 10.3. The van der Waals surface area contributed by atoms with Crippen LogP contribution in [0.15, 0.2) is 12.7 Å². The molecule has 0 saturated heterocycles. The molecule has 6 nitrogen and oxygen atoms in total. The molecule has 0 aromatic heterocycles. The van der Waals surface area contributed by atoms with Crippen molar-refractivity contribution in [2.45, 2.75) is 6.42 Å². The number of carbonyl (C=O) groups is 2. The summed E-state index contributed by atoms with van der Waals surface area (Å²) in [6.45, 7) is 3.51. The molecule has 6 heteroatoms. The molecule has 76 valence electrons. The first-order valence-corrected chi connectivity index (χ1v) is 3.36. The summed E-state index contributed by atoms with van der Waals surface area (Å²) >= 11 is 0. The van der Waals surface area contributed by atoms with Gasteiger partial charge in [0.1, 0.15) is 0 Å². The van der Waals surface area contributed by atoms with E-state index in [2.05, 4.69) is 11.3 Å². The fraction of sp³-hybridized carbons (Fsp3) is 0.429. The van der Waals surface area contributed by atoms with Gasteiger partial charge in [-0.2, -0.15) is 0 Å². The van der Waals surface area contributed by atoms with Gasteiger partial charge in [0, 0.05) is 19.1 Å². The molecule has 0 aromatic carbocycles. The van der Waals surface area contributed by atoms with Crippen LogP contribution in [0.2, 0.25) is 0 Å². The van der Waals surface area contributed by atoms with Crippen LogP contribution in [0.25, 0.3) is 0 Å². The number of esters is 1. The molecule has 0 aromatic rings. The second kappa shape index (κ2) is 10.4. The third-order valence-corrected chi connectivity index (χ3v) is 0.713. The van der Waals surface area contributed by atoms with Crippen LogP contribution in [-0.4, -0.2) is 40.7 Å². The molecule has 0 heterocycles. The molecule has 0 radical (unpaired) electrons. The van der Waals surface area contributed by atoms with Crippen LogP contribution in [-0.2, 0) is 9.53 Å². The standard InChI is InChI=1S/C6H10O3.CH2O3/c1-2-6(8)9-5-3-4-7;2-1(3)4/h2,7H,1,3-5H2;(H2,2,3,4). The largest absolute Gasteiger partial charge is 0.503 e. The molecule has 0 aliphatic rings. The number of ether oxygens (including phenoxy) is 1. The van der Waals surface area contributed by atoms with Crippen molar-refractivity contribution in [2.24, 2.45) is 0 Å². The normalized spacial score (nSPS) is 7.77. The lowest BCUT2D eigenvalue weighted by molar-refractivity contribution is -0.137. The van der Waals surface area contributed by atoms with Crippen molar-refractivity contribution in [1.82, 2.24) is 0 Å². The van der Waals surface area contributed by atoms with Gasteiger partial charge in [0.15, 0.2) is 0 Å². The van der Waals surface area contributed by atoms with E-state index in [-0.39, 0.29) is 13.2 Å². The Morgan fingerprint density at radius 3 is 2.15 bits per heavy atom. The summed E-state index contributed by atoms with van der Waals surface area (Å²) in [6, 6.07) is 0. The molecule has 0 fully saturated rings. The molecule has 0 rings (SSSR count). The number of carbonyl (C=O) groups excluding carboxylic acids is 1. The first-order valence-electron chi connectivity index (χ1n) is 3.36. The lowest BCUT2D eigenvalue weighted by atomic mass is 10.5. The molecular formula is C7H12O6. The summed E-state index contributed by atoms with van der Waals surface area (Å²) in [6.07, 6.45) is -0.253. The first-order chi connectivity index (χ1) is 6.04. The molecule has 0 aliphatic heterocycles. The van der Waals surface area contributed by atoms with Gasteiger partial charge in [-0.3, -0.25) is 0 Å². The predicted molar refractivity (Wildman–Crippen MR) is 43.5 cm³/mol. The molecule has 0 spiro atoms. The van der Waals surface area contributed by atoms with Gasteiger partial charge in [0.25, 0.3) is 0 Å². The fourth-order valence-corrected chi connectivity index (χ4v) is 0.296. The molecular weight excluding hydrogens is 180 g/mol. The summed E-state index contributed by atoms with van der Waals surface area (Å²) in [5, 5.41) is 22.2. The number of hydrogen-bond acceptors (Lipinski definition) is 4. The lowest BCUT2D eigenvalue weighted by Crippen LogP contribution is -2.02. The SMILES string of the molecule is C=CC(=O)OCCCO.O=C(O)O. The van der Waals surface area contributed by atoms with Crippen LogP contribution in [0.4, 0.5) is 4.79 Å². The van der Waals surface area contributed by atoms with E-state index in [1.165, 1.54) is 0 Å². The highest BCUT2D eigenvalue weighted by atomic mass is 16.6. The molecule has 0 aliphatic carbocycles. The highest BCUT2D eigenvalue weighted by Crippen LogP contribution is 1.82. The first kappa shape index (κ1) is 14.0. The zero-order chi connectivity index (χ0) is 10.7. The highest BCUT2D eigenvalue weighted by Gasteiger charge is 1.91. The summed E-state index contributed by atoms with van der Waals surface area (Å²) in [5.74, 6) is -0.441. The Labute approximate surface area is 75.1 Å². The minimum atomic E-state index is -1.83. The zero-order valence-electron chi connectivity index (χ0n) is 6.97. The summed E-state index contributed by atoms with van der Waals surface area (Å²) < 4.78 is 4.51. The van der Waals surface area contributed by atoms with Gasteiger partial charge in [-0.15, -0.1) is 0 Å². The van der Waals surface area contributed by atoms with Crippen molar-refractivity contribution in [2.75, 3.05) is 13.2 Å². The molecule has 0 amide bonds. The van der Waals surface area contributed by atoms with Crippen molar-refractivity contribution in [3.05, 3.63) is 12.7 Å². The van der Waals surface area contributed by atoms with Crippen molar-refractivity contribution in [1.29, 1.82) is 0 Å². The van der Waals surface area contributed by atoms with E-state index in [4.69, 9.17) is 20.1 Å².